The van der Waals surface area contributed by atoms with E-state index in [1.807, 2.05) is 0 Å². The molecule has 18 heavy (non-hydrogen) atoms. The van der Waals surface area contributed by atoms with E-state index < -0.39 is 18.0 Å². The van der Waals surface area contributed by atoms with E-state index in [0.717, 1.165) is 5.56 Å². The summed E-state index contributed by atoms with van der Waals surface area (Å²) in [5, 5.41) is 20.1. The maximum Gasteiger partial charge on any atom is 0.327 e. The Morgan fingerprint density at radius 1 is 1.61 bits per heavy atom. The topological polar surface area (TPSA) is 107 Å². The number of aromatic nitrogens is 2. The molecule has 0 radical (unpaired) electrons. The molecule has 0 spiro atoms. The Labute approximate surface area is 104 Å². The highest BCUT2D eigenvalue weighted by Gasteiger charge is 2.19. The fourth-order valence-electron chi connectivity index (χ4n) is 1.30. The summed E-state index contributed by atoms with van der Waals surface area (Å²) in [4.78, 5) is 22.3. The molecule has 0 saturated carbocycles. The van der Waals surface area contributed by atoms with Gasteiger partial charge < -0.3 is 15.7 Å². The Bertz CT molecular complexity index is 449. The van der Waals surface area contributed by atoms with Crippen molar-refractivity contribution in [1.82, 2.24) is 20.8 Å². The number of hydrogen-bond donors (Lipinski definition) is 4. The third-order valence-corrected chi connectivity index (χ3v) is 2.29. The van der Waals surface area contributed by atoms with Crippen molar-refractivity contribution < 1.29 is 14.7 Å². The Kier molecular flexibility index (Phi) is 4.75. The van der Waals surface area contributed by atoms with Crippen molar-refractivity contribution in [2.45, 2.75) is 25.4 Å². The first-order valence-corrected chi connectivity index (χ1v) is 5.26. The third kappa shape index (κ3) is 3.83. The molecule has 0 aromatic carbocycles. The van der Waals surface area contributed by atoms with Gasteiger partial charge in [0, 0.05) is 18.2 Å². The number of hydrogen-bond acceptors (Lipinski definition) is 3. The Morgan fingerprint density at radius 2 is 2.33 bits per heavy atom. The molecule has 0 bridgehead atoms. The number of H-pyrrole nitrogens is 1. The average molecular weight is 250 g/mol. The van der Waals surface area contributed by atoms with Crippen LogP contribution in [0.1, 0.15) is 24.9 Å². The van der Waals surface area contributed by atoms with Crippen molar-refractivity contribution in [2.75, 3.05) is 0 Å². The van der Waals surface area contributed by atoms with Crippen LogP contribution >= 0.6 is 0 Å². The summed E-state index contributed by atoms with van der Waals surface area (Å²) in [5.74, 6) is 1.03. The van der Waals surface area contributed by atoms with Gasteiger partial charge in [0.1, 0.15) is 6.04 Å². The minimum absolute atomic E-state index is 0.0666. The van der Waals surface area contributed by atoms with Gasteiger partial charge in [0.05, 0.1) is 12.2 Å². The first kappa shape index (κ1) is 13.6. The second-order valence-electron chi connectivity index (χ2n) is 3.67. The quantitative estimate of drug-likeness (QED) is 0.562. The molecule has 1 heterocycles. The van der Waals surface area contributed by atoms with Gasteiger partial charge in [-0.15, -0.1) is 12.3 Å². The van der Waals surface area contributed by atoms with E-state index >= 15 is 0 Å². The number of amides is 2. The molecule has 4 N–H and O–H groups in total. The van der Waals surface area contributed by atoms with Crippen molar-refractivity contribution in [2.24, 2.45) is 0 Å². The average Bonchev–Trinajstić information content (AvgIpc) is 2.81. The van der Waals surface area contributed by atoms with E-state index in [2.05, 4.69) is 26.8 Å². The van der Waals surface area contributed by atoms with E-state index in [1.54, 1.807) is 19.3 Å². The first-order chi connectivity index (χ1) is 8.54. The fraction of sp³-hybridized carbons (Fsp3) is 0.364. The maximum absolute atomic E-state index is 11.6. The molecule has 1 aromatic rings. The van der Waals surface area contributed by atoms with Crippen molar-refractivity contribution >= 4 is 12.0 Å². The number of rotatable bonds is 5. The van der Waals surface area contributed by atoms with Crippen LogP contribution < -0.4 is 10.6 Å². The molecular formula is C11H14N4O3. The molecule has 2 atom stereocenters. The van der Waals surface area contributed by atoms with Crippen molar-refractivity contribution in [3.8, 4) is 12.3 Å². The lowest BCUT2D eigenvalue weighted by Gasteiger charge is -2.16. The van der Waals surface area contributed by atoms with Gasteiger partial charge in [0.2, 0.25) is 0 Å². The van der Waals surface area contributed by atoms with Gasteiger partial charge in [-0.2, -0.15) is 5.10 Å². The summed E-state index contributed by atoms with van der Waals surface area (Å²) >= 11 is 0. The number of nitrogens with one attached hydrogen (secondary N) is 3. The van der Waals surface area contributed by atoms with E-state index in [4.69, 9.17) is 11.5 Å². The summed E-state index contributed by atoms with van der Waals surface area (Å²) in [6.07, 6.45) is 8.17. The second kappa shape index (κ2) is 6.30. The lowest BCUT2D eigenvalue weighted by Crippen LogP contribution is -2.46. The number of carbonyl (C=O) groups is 2. The van der Waals surface area contributed by atoms with E-state index in [0.29, 0.717) is 0 Å². The minimum atomic E-state index is -1.17. The van der Waals surface area contributed by atoms with Crippen molar-refractivity contribution in [3.63, 3.8) is 0 Å². The van der Waals surface area contributed by atoms with E-state index in [-0.39, 0.29) is 12.5 Å². The fourth-order valence-corrected chi connectivity index (χ4v) is 1.30. The standard InChI is InChI=1S/C11H14N4O3/c1-3-4-9(10(16)17)15-11(18)14-7(2)8-5-12-13-6-8/h1,5-7,9H,4H2,2H3,(H,12,13)(H,16,17)(H2,14,15,18). The van der Waals surface area contributed by atoms with Crippen LogP contribution in [0, 0.1) is 12.3 Å². The first-order valence-electron chi connectivity index (χ1n) is 5.26. The van der Waals surface area contributed by atoms with Crippen LogP contribution in [0.2, 0.25) is 0 Å². The number of carboxylic acids is 1. The summed E-state index contributed by atoms with van der Waals surface area (Å²) in [5.41, 5.74) is 0.786. The van der Waals surface area contributed by atoms with Crippen LogP contribution in [0.5, 0.6) is 0 Å². The molecule has 2 amide bonds. The van der Waals surface area contributed by atoms with E-state index in [9.17, 15) is 9.59 Å². The molecule has 0 saturated heterocycles. The summed E-state index contributed by atoms with van der Waals surface area (Å²) in [6.45, 7) is 1.75. The number of aromatic amines is 1. The smallest absolute Gasteiger partial charge is 0.327 e. The number of urea groups is 1. The molecule has 2 unspecified atom stereocenters. The van der Waals surface area contributed by atoms with Crippen LogP contribution in [-0.4, -0.2) is 33.3 Å². The number of carboxylic acid groups (broad SMARTS) is 1. The molecule has 0 aliphatic heterocycles. The van der Waals surface area contributed by atoms with Crippen LogP contribution in [-0.2, 0) is 4.79 Å². The molecule has 1 aromatic heterocycles. The largest absolute Gasteiger partial charge is 0.480 e. The van der Waals surface area contributed by atoms with Gasteiger partial charge in [-0.1, -0.05) is 0 Å². The zero-order valence-corrected chi connectivity index (χ0v) is 9.80. The van der Waals surface area contributed by atoms with Crippen LogP contribution in [0.15, 0.2) is 12.4 Å². The predicted molar refractivity (Wildman–Crippen MR) is 63.5 cm³/mol. The number of aliphatic carboxylic acids is 1. The molecule has 0 fully saturated rings. The molecule has 7 nitrogen and oxygen atoms in total. The molecule has 0 aliphatic carbocycles. The lowest BCUT2D eigenvalue weighted by molar-refractivity contribution is -0.139. The highest BCUT2D eigenvalue weighted by Crippen LogP contribution is 2.08. The summed E-state index contributed by atoms with van der Waals surface area (Å²) in [6, 6.07) is -1.97. The monoisotopic (exact) mass is 250 g/mol. The zero-order valence-electron chi connectivity index (χ0n) is 9.80. The third-order valence-electron chi connectivity index (χ3n) is 2.29. The predicted octanol–water partition coefficient (Wildman–Crippen LogP) is 0.246. The minimum Gasteiger partial charge on any atom is -0.480 e. The summed E-state index contributed by atoms with van der Waals surface area (Å²) < 4.78 is 0. The molecule has 1 rings (SSSR count). The van der Waals surface area contributed by atoms with E-state index in [1.165, 1.54) is 0 Å². The van der Waals surface area contributed by atoms with Gasteiger partial charge in [-0.05, 0) is 6.92 Å². The molecular weight excluding hydrogens is 236 g/mol. The SMILES string of the molecule is C#CCC(NC(=O)NC(C)c1cn[nH]c1)C(=O)O. The van der Waals surface area contributed by atoms with Gasteiger partial charge in [-0.3, -0.25) is 5.10 Å². The normalized spacial score (nSPS) is 13.1. The number of nitrogens with zero attached hydrogens (tertiary/aromatic N) is 1. The lowest BCUT2D eigenvalue weighted by atomic mass is 10.2. The zero-order chi connectivity index (χ0) is 13.5. The molecule has 7 heteroatoms. The summed E-state index contributed by atoms with van der Waals surface area (Å²) in [7, 11) is 0. The van der Waals surface area contributed by atoms with Gasteiger partial charge in [0.25, 0.3) is 0 Å². The Morgan fingerprint density at radius 3 is 2.83 bits per heavy atom. The van der Waals surface area contributed by atoms with Gasteiger partial charge in [0.15, 0.2) is 0 Å². The molecule has 0 aliphatic rings. The molecule has 96 valence electrons. The Balaban J connectivity index is 2.50. The van der Waals surface area contributed by atoms with Crippen LogP contribution in [0.25, 0.3) is 0 Å². The second-order valence-corrected chi connectivity index (χ2v) is 3.67. The highest BCUT2D eigenvalue weighted by atomic mass is 16.4. The van der Waals surface area contributed by atoms with Crippen LogP contribution in [0.3, 0.4) is 0 Å². The number of carbonyl (C=O) groups excluding carboxylic acids is 1. The Hall–Kier alpha value is -2.49. The van der Waals surface area contributed by atoms with Gasteiger partial charge in [-0.25, -0.2) is 9.59 Å². The number of terminal acetylenes is 1. The highest BCUT2D eigenvalue weighted by molar-refractivity contribution is 5.82. The van der Waals surface area contributed by atoms with Crippen molar-refractivity contribution in [3.05, 3.63) is 18.0 Å². The maximum atomic E-state index is 11.6. The van der Waals surface area contributed by atoms with Gasteiger partial charge >= 0.3 is 12.0 Å². The van der Waals surface area contributed by atoms with Crippen molar-refractivity contribution in [1.29, 1.82) is 0 Å². The van der Waals surface area contributed by atoms with Crippen LogP contribution in [0.4, 0.5) is 4.79 Å².